The summed E-state index contributed by atoms with van der Waals surface area (Å²) < 4.78 is 10.4. The molecule has 0 amide bonds. The molecule has 118 valence electrons. The number of nitro benzene ring substituents is 1. The molecule has 0 saturated heterocycles. The Bertz CT molecular complexity index is 722. The highest BCUT2D eigenvalue weighted by Crippen LogP contribution is 2.18. The molecule has 2 aromatic carbocycles. The largest absolute Gasteiger partial charge is 0.494 e. The molecule has 0 unspecified atom stereocenters. The molecule has 2 aromatic rings. The molecule has 0 fully saturated rings. The van der Waals surface area contributed by atoms with Crippen molar-refractivity contribution in [2.24, 2.45) is 0 Å². The topological polar surface area (TPSA) is 78.7 Å². The van der Waals surface area contributed by atoms with Crippen LogP contribution in [0, 0.1) is 10.1 Å². The molecule has 0 bridgehead atoms. The van der Waals surface area contributed by atoms with Crippen molar-refractivity contribution < 1.29 is 19.2 Å². The quantitative estimate of drug-likeness (QED) is 0.267. The number of rotatable bonds is 6. The van der Waals surface area contributed by atoms with Crippen LogP contribution in [0.4, 0.5) is 5.69 Å². The third-order valence-corrected chi connectivity index (χ3v) is 2.85. The van der Waals surface area contributed by atoms with Crippen molar-refractivity contribution in [3.63, 3.8) is 0 Å². The van der Waals surface area contributed by atoms with Crippen LogP contribution in [-0.4, -0.2) is 17.5 Å². The van der Waals surface area contributed by atoms with Gasteiger partial charge in [0.15, 0.2) is 0 Å². The summed E-state index contributed by atoms with van der Waals surface area (Å²) in [7, 11) is 0. The summed E-state index contributed by atoms with van der Waals surface area (Å²) in [5, 5.41) is 10.5. The van der Waals surface area contributed by atoms with Gasteiger partial charge in [-0.15, -0.1) is 0 Å². The highest BCUT2D eigenvalue weighted by Gasteiger charge is 2.06. The zero-order valence-corrected chi connectivity index (χ0v) is 12.5. The van der Waals surface area contributed by atoms with Crippen LogP contribution in [-0.2, 0) is 4.79 Å². The number of benzene rings is 2. The minimum Gasteiger partial charge on any atom is -0.494 e. The molecule has 0 radical (unpaired) electrons. The molecule has 0 N–H and O–H groups in total. The fraction of sp³-hybridized carbons (Fsp3) is 0.118. The van der Waals surface area contributed by atoms with Gasteiger partial charge in [0.05, 0.1) is 11.5 Å². The van der Waals surface area contributed by atoms with Crippen LogP contribution >= 0.6 is 0 Å². The number of carbonyl (C=O) groups is 1. The average Bonchev–Trinajstić information content (AvgIpc) is 2.54. The number of carbonyl (C=O) groups excluding carboxylic acids is 1. The van der Waals surface area contributed by atoms with E-state index >= 15 is 0 Å². The van der Waals surface area contributed by atoms with Gasteiger partial charge in [0.1, 0.15) is 11.5 Å². The summed E-state index contributed by atoms with van der Waals surface area (Å²) in [6.45, 7) is 2.46. The minimum absolute atomic E-state index is 0.0620. The first-order chi connectivity index (χ1) is 11.1. The number of nitro groups is 1. The predicted molar refractivity (Wildman–Crippen MR) is 85.4 cm³/mol. The van der Waals surface area contributed by atoms with Gasteiger partial charge in [-0.2, -0.15) is 0 Å². The Morgan fingerprint density at radius 3 is 2.57 bits per heavy atom. The highest BCUT2D eigenvalue weighted by molar-refractivity contribution is 5.88. The number of esters is 1. The molecule has 6 heteroatoms. The van der Waals surface area contributed by atoms with E-state index in [4.69, 9.17) is 9.47 Å². The normalized spacial score (nSPS) is 10.5. The van der Waals surface area contributed by atoms with Crippen molar-refractivity contribution in [1.82, 2.24) is 0 Å². The molecule has 0 atom stereocenters. The SMILES string of the molecule is CCOc1cccc(C=CC(=O)Oc2ccc([N+](=O)[O-])cc2)c1. The van der Waals surface area contributed by atoms with Crippen molar-refractivity contribution in [2.45, 2.75) is 6.92 Å². The highest BCUT2D eigenvalue weighted by atomic mass is 16.6. The molecule has 0 aromatic heterocycles. The first kappa shape index (κ1) is 16.2. The Morgan fingerprint density at radius 1 is 1.17 bits per heavy atom. The van der Waals surface area contributed by atoms with Gasteiger partial charge in [-0.1, -0.05) is 12.1 Å². The summed E-state index contributed by atoms with van der Waals surface area (Å²) in [5.41, 5.74) is 0.740. The van der Waals surface area contributed by atoms with Crippen molar-refractivity contribution >= 4 is 17.7 Å². The van der Waals surface area contributed by atoms with Crippen molar-refractivity contribution in [3.05, 3.63) is 70.3 Å². The average molecular weight is 313 g/mol. The van der Waals surface area contributed by atoms with Gasteiger partial charge < -0.3 is 9.47 Å². The van der Waals surface area contributed by atoms with E-state index in [1.165, 1.54) is 30.3 Å². The van der Waals surface area contributed by atoms with Gasteiger partial charge in [0.25, 0.3) is 5.69 Å². The maximum absolute atomic E-state index is 11.7. The first-order valence-corrected chi connectivity index (χ1v) is 6.95. The summed E-state index contributed by atoms with van der Waals surface area (Å²) in [6.07, 6.45) is 2.89. The monoisotopic (exact) mass is 313 g/mol. The molecule has 0 saturated carbocycles. The van der Waals surface area contributed by atoms with Crippen LogP contribution < -0.4 is 9.47 Å². The van der Waals surface area contributed by atoms with E-state index in [0.29, 0.717) is 6.61 Å². The molecule has 0 aliphatic heterocycles. The molecule has 0 aliphatic rings. The third kappa shape index (κ3) is 4.96. The van der Waals surface area contributed by atoms with Crippen LogP contribution in [0.15, 0.2) is 54.6 Å². The van der Waals surface area contributed by atoms with Crippen LogP contribution in [0.25, 0.3) is 6.08 Å². The fourth-order valence-corrected chi connectivity index (χ4v) is 1.83. The Labute approximate surface area is 133 Å². The van der Waals surface area contributed by atoms with Crippen LogP contribution in [0.1, 0.15) is 12.5 Å². The smallest absolute Gasteiger partial charge is 0.336 e. The lowest BCUT2D eigenvalue weighted by Gasteiger charge is -2.03. The van der Waals surface area contributed by atoms with E-state index in [-0.39, 0.29) is 11.4 Å². The van der Waals surface area contributed by atoms with E-state index in [9.17, 15) is 14.9 Å². The van der Waals surface area contributed by atoms with E-state index in [1.54, 1.807) is 12.1 Å². The second-order valence-electron chi connectivity index (χ2n) is 4.51. The van der Waals surface area contributed by atoms with Gasteiger partial charge in [0, 0.05) is 18.2 Å². The molecule has 0 aliphatic carbocycles. The Hall–Kier alpha value is -3.15. The Kier molecular flexibility index (Phi) is 5.46. The standard InChI is InChI=1S/C17H15NO5/c1-2-22-16-5-3-4-13(12-16)6-11-17(19)23-15-9-7-14(8-10-15)18(20)21/h3-12H,2H2,1H3. The van der Waals surface area contributed by atoms with E-state index in [0.717, 1.165) is 11.3 Å². The third-order valence-electron chi connectivity index (χ3n) is 2.85. The summed E-state index contributed by atoms with van der Waals surface area (Å²) in [4.78, 5) is 21.8. The second-order valence-corrected chi connectivity index (χ2v) is 4.51. The van der Waals surface area contributed by atoms with Gasteiger partial charge >= 0.3 is 5.97 Å². The van der Waals surface area contributed by atoms with Crippen LogP contribution in [0.2, 0.25) is 0 Å². The number of hydrogen-bond donors (Lipinski definition) is 0. The molecule has 23 heavy (non-hydrogen) atoms. The molecule has 2 rings (SSSR count). The van der Waals surface area contributed by atoms with Gasteiger partial charge in [-0.3, -0.25) is 10.1 Å². The maximum Gasteiger partial charge on any atom is 0.336 e. The predicted octanol–water partition coefficient (Wildman–Crippen LogP) is 3.61. The van der Waals surface area contributed by atoms with Crippen LogP contribution in [0.5, 0.6) is 11.5 Å². The zero-order valence-electron chi connectivity index (χ0n) is 12.5. The lowest BCUT2D eigenvalue weighted by Crippen LogP contribution is -2.03. The van der Waals surface area contributed by atoms with Crippen LogP contribution in [0.3, 0.4) is 0 Å². The van der Waals surface area contributed by atoms with E-state index < -0.39 is 10.9 Å². The number of non-ortho nitro benzene ring substituents is 1. The maximum atomic E-state index is 11.7. The summed E-state index contributed by atoms with van der Waals surface area (Å²) in [6, 6.07) is 12.6. The van der Waals surface area contributed by atoms with Crippen molar-refractivity contribution in [1.29, 1.82) is 0 Å². The first-order valence-electron chi connectivity index (χ1n) is 6.95. The summed E-state index contributed by atoms with van der Waals surface area (Å²) in [5.74, 6) is 0.396. The summed E-state index contributed by atoms with van der Waals surface area (Å²) >= 11 is 0. The number of hydrogen-bond acceptors (Lipinski definition) is 5. The second kappa shape index (κ2) is 7.74. The minimum atomic E-state index is -0.569. The van der Waals surface area contributed by atoms with Crippen molar-refractivity contribution in [2.75, 3.05) is 6.61 Å². The molecule has 0 heterocycles. The molecule has 0 spiro atoms. The Balaban J connectivity index is 1.98. The van der Waals surface area contributed by atoms with Gasteiger partial charge in [-0.05, 0) is 42.8 Å². The lowest BCUT2D eigenvalue weighted by atomic mass is 10.2. The van der Waals surface area contributed by atoms with E-state index in [2.05, 4.69) is 0 Å². The molecular formula is C17H15NO5. The lowest BCUT2D eigenvalue weighted by molar-refractivity contribution is -0.384. The number of ether oxygens (including phenoxy) is 2. The van der Waals surface area contributed by atoms with Gasteiger partial charge in [-0.25, -0.2) is 4.79 Å². The Morgan fingerprint density at radius 2 is 1.91 bits per heavy atom. The fourth-order valence-electron chi connectivity index (χ4n) is 1.83. The van der Waals surface area contributed by atoms with E-state index in [1.807, 2.05) is 25.1 Å². The van der Waals surface area contributed by atoms with Gasteiger partial charge in [0.2, 0.25) is 0 Å². The zero-order chi connectivity index (χ0) is 16.7. The molecule has 6 nitrogen and oxygen atoms in total. The molecular weight excluding hydrogens is 298 g/mol. The number of nitrogens with zero attached hydrogens (tertiary/aromatic N) is 1. The van der Waals surface area contributed by atoms with Crippen molar-refractivity contribution in [3.8, 4) is 11.5 Å².